The largest absolute Gasteiger partial charge is 0.352 e. The Labute approximate surface area is 148 Å². The van der Waals surface area contributed by atoms with Crippen LogP contribution in [0.5, 0.6) is 0 Å². The molecule has 0 aliphatic heterocycles. The Morgan fingerprint density at radius 2 is 1.96 bits per heavy atom. The van der Waals surface area contributed by atoms with Crippen LogP contribution in [0.2, 0.25) is 0 Å². The van der Waals surface area contributed by atoms with E-state index in [9.17, 15) is 9.59 Å². The van der Waals surface area contributed by atoms with Crippen LogP contribution in [0, 0.1) is 17.3 Å². The van der Waals surface area contributed by atoms with Crippen molar-refractivity contribution in [2.75, 3.05) is 7.05 Å². The summed E-state index contributed by atoms with van der Waals surface area (Å²) in [4.78, 5) is 26.3. The van der Waals surface area contributed by atoms with Crippen molar-refractivity contribution >= 4 is 11.8 Å². The van der Waals surface area contributed by atoms with Gasteiger partial charge in [-0.25, -0.2) is 0 Å². The predicted molar refractivity (Wildman–Crippen MR) is 99.6 cm³/mol. The molecular formula is C20H36N2O2. The van der Waals surface area contributed by atoms with E-state index in [-0.39, 0.29) is 23.3 Å². The van der Waals surface area contributed by atoms with Crippen LogP contribution in [0.15, 0.2) is 12.7 Å². The summed E-state index contributed by atoms with van der Waals surface area (Å²) >= 11 is 0. The minimum Gasteiger partial charge on any atom is -0.352 e. The lowest BCUT2D eigenvalue weighted by Gasteiger charge is -2.42. The molecule has 1 rings (SSSR count). The van der Waals surface area contributed by atoms with E-state index in [0.29, 0.717) is 18.3 Å². The molecule has 1 fully saturated rings. The summed E-state index contributed by atoms with van der Waals surface area (Å²) in [6, 6.07) is -0.219. The molecule has 1 aliphatic carbocycles. The molecular weight excluding hydrogens is 300 g/mol. The molecule has 0 spiro atoms. The summed E-state index contributed by atoms with van der Waals surface area (Å²) in [5, 5.41) is 3.23. The van der Waals surface area contributed by atoms with Crippen molar-refractivity contribution in [3.05, 3.63) is 12.7 Å². The zero-order valence-corrected chi connectivity index (χ0v) is 16.4. The molecule has 3 atom stereocenters. The molecule has 1 N–H and O–H groups in total. The highest BCUT2D eigenvalue weighted by Crippen LogP contribution is 2.42. The van der Waals surface area contributed by atoms with Crippen LogP contribution < -0.4 is 5.32 Å². The van der Waals surface area contributed by atoms with Gasteiger partial charge in [-0.3, -0.25) is 9.59 Å². The van der Waals surface area contributed by atoms with Crippen LogP contribution in [0.25, 0.3) is 0 Å². The molecule has 0 aromatic rings. The van der Waals surface area contributed by atoms with Crippen molar-refractivity contribution in [2.24, 2.45) is 17.3 Å². The smallest absolute Gasteiger partial charge is 0.246 e. The van der Waals surface area contributed by atoms with Gasteiger partial charge in [-0.1, -0.05) is 47.6 Å². The van der Waals surface area contributed by atoms with E-state index < -0.39 is 6.04 Å². The molecule has 0 saturated heterocycles. The van der Waals surface area contributed by atoms with Crippen molar-refractivity contribution in [1.82, 2.24) is 10.2 Å². The first-order valence-electron chi connectivity index (χ1n) is 9.30. The maximum atomic E-state index is 12.9. The Balaban J connectivity index is 2.80. The van der Waals surface area contributed by atoms with Crippen molar-refractivity contribution < 1.29 is 9.59 Å². The maximum absolute atomic E-state index is 12.9. The molecule has 24 heavy (non-hydrogen) atoms. The molecule has 4 heteroatoms. The molecule has 138 valence electrons. The van der Waals surface area contributed by atoms with Gasteiger partial charge in [-0.05, 0) is 49.0 Å². The van der Waals surface area contributed by atoms with Gasteiger partial charge < -0.3 is 10.2 Å². The molecule has 0 bridgehead atoms. The molecule has 1 saturated carbocycles. The molecule has 2 unspecified atom stereocenters. The standard InChI is InChI=1S/C20H36N2O2/c1-8-18(23)22(7)17(12-14(2)3)19(24)21-16-10-9-11-20(6,13-16)15(4)5/h8,14-17H,1,9-13H2,2-7H3,(H,21,24)/t16?,17-,20?/m0/s1. The van der Waals surface area contributed by atoms with Crippen LogP contribution in [0.4, 0.5) is 0 Å². The van der Waals surface area contributed by atoms with Gasteiger partial charge in [0.1, 0.15) is 6.04 Å². The summed E-state index contributed by atoms with van der Waals surface area (Å²) in [5.41, 5.74) is 0.284. The van der Waals surface area contributed by atoms with Crippen LogP contribution in [0.1, 0.15) is 66.7 Å². The molecule has 0 aromatic carbocycles. The number of hydrogen-bond acceptors (Lipinski definition) is 2. The van der Waals surface area contributed by atoms with Gasteiger partial charge in [-0.15, -0.1) is 0 Å². The van der Waals surface area contributed by atoms with Gasteiger partial charge in [0.25, 0.3) is 0 Å². The predicted octanol–water partition coefficient (Wildman–Crippen LogP) is 3.77. The van der Waals surface area contributed by atoms with Gasteiger partial charge in [0.15, 0.2) is 0 Å². The van der Waals surface area contributed by atoms with Gasteiger partial charge >= 0.3 is 0 Å². The first-order valence-corrected chi connectivity index (χ1v) is 9.30. The van der Waals surface area contributed by atoms with Gasteiger partial charge in [0.05, 0.1) is 0 Å². The number of hydrogen-bond donors (Lipinski definition) is 1. The Bertz CT molecular complexity index is 459. The Kier molecular flexibility index (Phi) is 7.50. The normalized spacial score (nSPS) is 25.4. The Morgan fingerprint density at radius 1 is 1.33 bits per heavy atom. The second-order valence-corrected chi connectivity index (χ2v) is 8.41. The summed E-state index contributed by atoms with van der Waals surface area (Å²) in [6.07, 6.45) is 6.36. The van der Waals surface area contributed by atoms with Crippen molar-refractivity contribution in [2.45, 2.75) is 78.8 Å². The number of rotatable bonds is 7. The Morgan fingerprint density at radius 3 is 2.46 bits per heavy atom. The lowest BCUT2D eigenvalue weighted by atomic mass is 9.67. The number of carbonyl (C=O) groups excluding carboxylic acids is 2. The fourth-order valence-corrected chi connectivity index (χ4v) is 3.65. The van der Waals surface area contributed by atoms with Crippen LogP contribution in [-0.4, -0.2) is 35.8 Å². The number of likely N-dealkylation sites (N-methyl/N-ethyl adjacent to an activating group) is 1. The van der Waals surface area contributed by atoms with Crippen molar-refractivity contribution in [3.8, 4) is 0 Å². The van der Waals surface area contributed by atoms with Gasteiger partial charge in [-0.2, -0.15) is 0 Å². The zero-order chi connectivity index (χ0) is 18.5. The first kappa shape index (κ1) is 20.7. The number of amides is 2. The molecule has 1 aliphatic rings. The topological polar surface area (TPSA) is 49.4 Å². The highest BCUT2D eigenvalue weighted by atomic mass is 16.2. The molecule has 4 nitrogen and oxygen atoms in total. The van der Waals surface area contributed by atoms with Crippen LogP contribution >= 0.6 is 0 Å². The highest BCUT2D eigenvalue weighted by Gasteiger charge is 2.36. The molecule has 0 aromatic heterocycles. The van der Waals surface area contributed by atoms with E-state index in [4.69, 9.17) is 0 Å². The third kappa shape index (κ3) is 5.35. The van der Waals surface area contributed by atoms with Crippen LogP contribution in [-0.2, 0) is 9.59 Å². The van der Waals surface area contributed by atoms with Crippen LogP contribution in [0.3, 0.4) is 0 Å². The van der Waals surface area contributed by atoms with E-state index in [2.05, 4.69) is 46.5 Å². The first-order chi connectivity index (χ1) is 11.1. The van der Waals surface area contributed by atoms with Gasteiger partial charge in [0, 0.05) is 13.1 Å². The quantitative estimate of drug-likeness (QED) is 0.720. The van der Waals surface area contributed by atoms with Crippen molar-refractivity contribution in [1.29, 1.82) is 0 Å². The second kappa shape index (κ2) is 8.68. The zero-order valence-electron chi connectivity index (χ0n) is 16.4. The summed E-state index contributed by atoms with van der Waals surface area (Å²) < 4.78 is 0. The lowest BCUT2D eigenvalue weighted by molar-refractivity contribution is -0.137. The monoisotopic (exact) mass is 336 g/mol. The van der Waals surface area contributed by atoms with E-state index in [1.807, 2.05) is 0 Å². The van der Waals surface area contributed by atoms with E-state index in [1.165, 1.54) is 17.4 Å². The second-order valence-electron chi connectivity index (χ2n) is 8.41. The number of nitrogens with one attached hydrogen (secondary N) is 1. The highest BCUT2D eigenvalue weighted by molar-refractivity contribution is 5.92. The molecule has 0 heterocycles. The number of carbonyl (C=O) groups is 2. The fraction of sp³-hybridized carbons (Fsp3) is 0.800. The summed E-state index contributed by atoms with van der Waals surface area (Å²) in [6.45, 7) is 14.5. The van der Waals surface area contributed by atoms with Gasteiger partial charge in [0.2, 0.25) is 11.8 Å². The lowest BCUT2D eigenvalue weighted by Crippen LogP contribution is -2.52. The fourth-order valence-electron chi connectivity index (χ4n) is 3.65. The SMILES string of the molecule is C=CC(=O)N(C)[C@@H](CC(C)C)C(=O)NC1CCCC(C)(C(C)C)C1. The summed E-state index contributed by atoms with van der Waals surface area (Å²) in [7, 11) is 1.69. The minimum absolute atomic E-state index is 0.0283. The minimum atomic E-state index is -0.428. The summed E-state index contributed by atoms with van der Waals surface area (Å²) in [5.74, 6) is 0.715. The third-order valence-electron chi connectivity index (χ3n) is 5.74. The Hall–Kier alpha value is -1.32. The van der Waals surface area contributed by atoms with Crippen molar-refractivity contribution in [3.63, 3.8) is 0 Å². The molecule has 0 radical (unpaired) electrons. The average molecular weight is 337 g/mol. The van der Waals surface area contributed by atoms with E-state index in [0.717, 1.165) is 19.3 Å². The number of nitrogens with zero attached hydrogens (tertiary/aromatic N) is 1. The third-order valence-corrected chi connectivity index (χ3v) is 5.74. The average Bonchev–Trinajstić information content (AvgIpc) is 2.50. The molecule has 2 amide bonds. The maximum Gasteiger partial charge on any atom is 0.246 e. The van der Waals surface area contributed by atoms with E-state index >= 15 is 0 Å². The van der Waals surface area contributed by atoms with E-state index in [1.54, 1.807) is 7.05 Å².